The van der Waals surface area contributed by atoms with Crippen LogP contribution in [0, 0.1) is 0 Å². The third-order valence-corrected chi connectivity index (χ3v) is 15.9. The first-order chi connectivity index (χ1) is 23.3. The van der Waals surface area contributed by atoms with E-state index in [1.165, 1.54) is 58.8 Å². The smallest absolute Gasteiger partial charge is 2.00 e. The summed E-state index contributed by atoms with van der Waals surface area (Å²) in [6, 6.07) is 43.5. The molecule has 4 aromatic carbocycles. The van der Waals surface area contributed by atoms with Gasteiger partial charge in [0.1, 0.15) is 6.15 Å². The van der Waals surface area contributed by atoms with E-state index in [9.17, 15) is 0 Å². The van der Waals surface area contributed by atoms with Gasteiger partial charge in [0.05, 0.1) is 0 Å². The molecule has 0 amide bonds. The molecule has 4 aromatic rings. The molecule has 0 aliphatic heterocycles. The molecule has 56 heavy (non-hydrogen) atoms. The van der Waals surface area contributed by atoms with E-state index in [-0.39, 0.29) is 117 Å². The normalized spacial score (nSPS) is 9.82. The van der Waals surface area contributed by atoms with Crippen molar-refractivity contribution in [1.29, 1.82) is 0 Å². The summed E-state index contributed by atoms with van der Waals surface area (Å²) >= 11 is 0. The Bertz CT molecular complexity index is 1130. The van der Waals surface area contributed by atoms with Crippen molar-refractivity contribution < 1.29 is 63.2 Å². The Morgan fingerprint density at radius 3 is 0.500 bits per heavy atom. The van der Waals surface area contributed by atoms with Gasteiger partial charge in [0.25, 0.3) is 0 Å². The van der Waals surface area contributed by atoms with Crippen molar-refractivity contribution in [2.24, 2.45) is 0 Å². The van der Waals surface area contributed by atoms with Crippen molar-refractivity contribution >= 4 is 130 Å². The zero-order valence-electron chi connectivity index (χ0n) is 35.9. The largest absolute Gasteiger partial charge is 3.00 e. The zero-order valence-corrected chi connectivity index (χ0v) is 50.6. The summed E-state index contributed by atoms with van der Waals surface area (Å²) in [4.78, 5) is 0. The topological polar surface area (TPSA) is 0 Å². The van der Waals surface area contributed by atoms with Crippen LogP contribution in [0.25, 0.3) is 0 Å². The van der Waals surface area contributed by atoms with Gasteiger partial charge < -0.3 is 54.0 Å². The molecule has 0 heterocycles. The molecule has 0 unspecified atom stereocenters. The molecule has 0 aromatic heterocycles. The molecule has 14 heteroatoms. The van der Waals surface area contributed by atoms with Gasteiger partial charge in [0.2, 0.25) is 0 Å². The minimum Gasteiger partial charge on any atom is -2.00 e. The molecular formula is C42H68BMo3P6S4. The van der Waals surface area contributed by atoms with Crippen LogP contribution >= 0.6 is 47.5 Å². The molecule has 0 N–H and O–H groups in total. The Morgan fingerprint density at radius 2 is 0.393 bits per heavy atom. The van der Waals surface area contributed by atoms with Crippen molar-refractivity contribution in [3.8, 4) is 0 Å². The summed E-state index contributed by atoms with van der Waals surface area (Å²) in [5, 5.41) is 0. The molecule has 0 saturated carbocycles. The maximum Gasteiger partial charge on any atom is 3.00 e. The number of hydrogen-bond donors (Lipinski definition) is 0. The van der Waals surface area contributed by atoms with Gasteiger partial charge in [-0.3, -0.25) is 0 Å². The second kappa shape index (κ2) is 44.6. The van der Waals surface area contributed by atoms with E-state index in [1.54, 1.807) is 0 Å². The number of rotatable bonds is 13. The molecular weight excluding hydrogens is 1120 g/mol. The van der Waals surface area contributed by atoms with Gasteiger partial charge in [-0.1, -0.05) is 121 Å². The van der Waals surface area contributed by atoms with E-state index < -0.39 is 6.15 Å². The summed E-state index contributed by atoms with van der Waals surface area (Å²) < 4.78 is 0. The van der Waals surface area contributed by atoms with Gasteiger partial charge in [0.15, 0.2) is 0 Å². The predicted octanol–water partition coefficient (Wildman–Crippen LogP) is 10.5. The molecule has 0 aliphatic carbocycles. The van der Waals surface area contributed by atoms with E-state index in [0.29, 0.717) is 47.5 Å². The van der Waals surface area contributed by atoms with Crippen molar-refractivity contribution in [2.75, 3.05) is 117 Å². The molecule has 0 saturated heterocycles. The van der Waals surface area contributed by atoms with Crippen LogP contribution in [0.15, 0.2) is 121 Å². The van der Waals surface area contributed by atoms with Crippen LogP contribution in [0.1, 0.15) is 0 Å². The van der Waals surface area contributed by atoms with Gasteiger partial charge >= 0.3 is 63.2 Å². The Labute approximate surface area is 426 Å². The first-order valence-electron chi connectivity index (χ1n) is 17.6. The molecule has 3 radical (unpaired) electrons. The Morgan fingerprint density at radius 1 is 0.268 bits per heavy atom. The summed E-state index contributed by atoms with van der Waals surface area (Å²) in [5.41, 5.74) is 5.36. The monoisotopic (exact) mass is 1190 g/mol. The fourth-order valence-corrected chi connectivity index (χ4v) is 14.9. The fraction of sp³-hybridized carbons (Fsp3) is 0.429. The standard InChI is InChI=1S/C24H20B.3C6H16P2.3Mo.4S/c1-5-13-21(14-6-1)25(22-15-7-2-8-16-22,23-17-9-3-10-18-23)24-19-11-4-12-20-24;3*1-7(2)5-6-8(3)4;;;;;;;/h1-20H;3*5-6H2,1-4H3;;;;;;;/q-1;;;;3*+3;4*-2. The quantitative estimate of drug-likeness (QED) is 0.0925. The summed E-state index contributed by atoms with van der Waals surface area (Å²) in [5.74, 6) is 0. The van der Waals surface area contributed by atoms with Crippen molar-refractivity contribution in [3.05, 3.63) is 121 Å². The van der Waals surface area contributed by atoms with Gasteiger partial charge in [-0.2, -0.15) is 21.9 Å². The van der Waals surface area contributed by atoms with Crippen LogP contribution < -0.4 is 21.9 Å². The average molecular weight is 1190 g/mol. The first-order valence-corrected chi connectivity index (χ1v) is 32.1. The molecule has 0 nitrogen and oxygen atoms in total. The summed E-state index contributed by atoms with van der Waals surface area (Å²) in [6.45, 7) is 28.3. The fourth-order valence-electron chi connectivity index (χ4n) is 5.32. The predicted molar refractivity (Wildman–Crippen MR) is 281 cm³/mol. The second-order valence-electron chi connectivity index (χ2n) is 14.3. The van der Waals surface area contributed by atoms with Crippen LogP contribution in [0.4, 0.5) is 0 Å². The number of hydrogen-bond acceptors (Lipinski definition) is 0. The van der Waals surface area contributed by atoms with Gasteiger partial charge in [-0.05, 0) is 117 Å². The van der Waals surface area contributed by atoms with Gasteiger partial charge in [0, 0.05) is 0 Å². The van der Waals surface area contributed by atoms with Gasteiger partial charge in [-0.25, -0.2) is 0 Å². The van der Waals surface area contributed by atoms with Crippen molar-refractivity contribution in [2.45, 2.75) is 0 Å². The van der Waals surface area contributed by atoms with E-state index in [4.69, 9.17) is 0 Å². The Kier molecular flexibility index (Phi) is 58.4. The zero-order chi connectivity index (χ0) is 36.7. The Hall–Kier alpha value is 2.99. The molecule has 0 spiro atoms. The maximum absolute atomic E-state index is 2.36. The van der Waals surface area contributed by atoms with Crippen LogP contribution in [0.5, 0.6) is 0 Å². The van der Waals surface area contributed by atoms with Crippen LogP contribution in [-0.4, -0.2) is 123 Å². The maximum atomic E-state index is 2.36. The molecule has 0 fully saturated rings. The number of benzene rings is 4. The molecule has 311 valence electrons. The van der Waals surface area contributed by atoms with E-state index in [0.717, 1.165) is 0 Å². The molecule has 0 aliphatic rings. The van der Waals surface area contributed by atoms with Crippen LogP contribution in [0.2, 0.25) is 0 Å². The van der Waals surface area contributed by atoms with Crippen LogP contribution in [0.3, 0.4) is 0 Å². The second-order valence-corrected chi connectivity index (χ2v) is 30.0. The molecule has 0 bridgehead atoms. The first kappa shape index (κ1) is 73.4. The van der Waals surface area contributed by atoms with E-state index in [1.807, 2.05) is 0 Å². The SMILES string of the molecule is CP(C)CCP(C)C.CP(C)CCP(C)C.CP(C)CCP(C)C.[Mo+3].[Mo+3].[Mo+3].[S-2].[S-2].[S-2].[S-2].c1ccc([B-](c2ccccc2)(c2ccccc2)c2ccccc2)cc1. The average Bonchev–Trinajstić information content (AvgIpc) is 3.09. The third-order valence-electron chi connectivity index (χ3n) is 8.18. The van der Waals surface area contributed by atoms with Crippen molar-refractivity contribution in [1.82, 2.24) is 0 Å². The van der Waals surface area contributed by atoms with Crippen LogP contribution in [-0.2, 0) is 117 Å². The van der Waals surface area contributed by atoms with Crippen molar-refractivity contribution in [3.63, 3.8) is 0 Å². The molecule has 0 atom stereocenters. The molecule has 4 rings (SSSR count). The summed E-state index contributed by atoms with van der Waals surface area (Å²) in [6.07, 6.45) is 7.67. The third kappa shape index (κ3) is 32.6. The Balaban J connectivity index is -0.000000131. The van der Waals surface area contributed by atoms with E-state index in [2.05, 4.69) is 201 Å². The minimum atomic E-state index is -1.22. The minimum absolute atomic E-state index is 0. The van der Waals surface area contributed by atoms with Gasteiger partial charge in [-0.15, -0.1) is 47.5 Å². The summed E-state index contributed by atoms with van der Waals surface area (Å²) in [7, 11) is 2.30. The van der Waals surface area contributed by atoms with E-state index >= 15 is 0 Å².